The molecular formula is C21H16O2. The maximum atomic E-state index is 10.8. The maximum Gasteiger partial charge on any atom is 0.117 e. The van der Waals surface area contributed by atoms with Crippen molar-refractivity contribution >= 4 is 38.4 Å². The van der Waals surface area contributed by atoms with Gasteiger partial charge in [-0.15, -0.1) is 0 Å². The predicted octanol–water partition coefficient (Wildman–Crippen LogP) is 4.18. The Morgan fingerprint density at radius 2 is 1.61 bits per heavy atom. The van der Waals surface area contributed by atoms with Crippen molar-refractivity contribution in [3.8, 4) is 0 Å². The fourth-order valence-electron chi connectivity index (χ4n) is 3.96. The zero-order chi connectivity index (χ0) is 15.8. The van der Waals surface area contributed by atoms with Crippen molar-refractivity contribution < 1.29 is 10.2 Å². The maximum absolute atomic E-state index is 10.8. The van der Waals surface area contributed by atoms with Gasteiger partial charge >= 0.3 is 0 Å². The summed E-state index contributed by atoms with van der Waals surface area (Å²) >= 11 is 0. The largest absolute Gasteiger partial charge is 0.386 e. The van der Waals surface area contributed by atoms with E-state index in [1.165, 1.54) is 21.5 Å². The minimum atomic E-state index is -1.27. The standard InChI is InChI=1S/C21H16O2/c1-21(23)17-11-14-6-5-12-3-2-4-13-7-8-16(20(14)19(12)13)15(17)9-10-18(21)22/h2-11,18,22-23H,1H3. The van der Waals surface area contributed by atoms with Gasteiger partial charge in [0.2, 0.25) is 0 Å². The molecule has 5 rings (SSSR count). The topological polar surface area (TPSA) is 40.5 Å². The van der Waals surface area contributed by atoms with Crippen LogP contribution in [0.25, 0.3) is 38.4 Å². The molecule has 2 unspecified atom stereocenters. The van der Waals surface area contributed by atoms with Gasteiger partial charge in [-0.25, -0.2) is 0 Å². The van der Waals surface area contributed by atoms with Gasteiger partial charge < -0.3 is 10.2 Å². The van der Waals surface area contributed by atoms with E-state index in [1.807, 2.05) is 12.1 Å². The second-order valence-electron chi connectivity index (χ2n) is 6.65. The van der Waals surface area contributed by atoms with E-state index in [4.69, 9.17) is 0 Å². The highest BCUT2D eigenvalue weighted by molar-refractivity contribution is 6.24. The fourth-order valence-corrected chi connectivity index (χ4v) is 3.96. The van der Waals surface area contributed by atoms with Gasteiger partial charge in [0.05, 0.1) is 0 Å². The molecular weight excluding hydrogens is 284 g/mol. The summed E-state index contributed by atoms with van der Waals surface area (Å²) in [7, 11) is 0. The molecule has 2 N–H and O–H groups in total. The van der Waals surface area contributed by atoms with Crippen molar-refractivity contribution in [3.63, 3.8) is 0 Å². The molecule has 0 saturated carbocycles. The lowest BCUT2D eigenvalue weighted by atomic mass is 9.78. The molecule has 4 aromatic rings. The minimum absolute atomic E-state index is 0.790. The van der Waals surface area contributed by atoms with Crippen molar-refractivity contribution in [2.24, 2.45) is 0 Å². The number of rotatable bonds is 0. The van der Waals surface area contributed by atoms with Crippen molar-refractivity contribution in [1.29, 1.82) is 0 Å². The highest BCUT2D eigenvalue weighted by atomic mass is 16.3. The van der Waals surface area contributed by atoms with Crippen LogP contribution in [0.5, 0.6) is 0 Å². The van der Waals surface area contributed by atoms with E-state index < -0.39 is 11.7 Å². The quantitative estimate of drug-likeness (QED) is 0.478. The Hall–Kier alpha value is -2.42. The van der Waals surface area contributed by atoms with E-state index in [0.29, 0.717) is 0 Å². The Bertz CT molecular complexity index is 1090. The second-order valence-corrected chi connectivity index (χ2v) is 6.65. The highest BCUT2D eigenvalue weighted by Crippen LogP contribution is 2.43. The molecule has 4 aromatic carbocycles. The molecule has 2 atom stereocenters. The molecule has 0 aromatic heterocycles. The molecule has 0 amide bonds. The third-order valence-electron chi connectivity index (χ3n) is 5.26. The molecule has 0 saturated heterocycles. The number of hydrogen-bond acceptors (Lipinski definition) is 2. The molecule has 0 spiro atoms. The average Bonchev–Trinajstić information content (AvgIpc) is 2.56. The van der Waals surface area contributed by atoms with E-state index >= 15 is 0 Å². The van der Waals surface area contributed by atoms with Crippen molar-refractivity contribution in [3.05, 3.63) is 65.7 Å². The third kappa shape index (κ3) is 1.55. The van der Waals surface area contributed by atoms with Crippen LogP contribution in [0, 0.1) is 0 Å². The number of aliphatic hydroxyl groups is 2. The Labute approximate surface area is 133 Å². The smallest absolute Gasteiger partial charge is 0.117 e. The monoisotopic (exact) mass is 300 g/mol. The van der Waals surface area contributed by atoms with Crippen LogP contribution in [-0.2, 0) is 5.60 Å². The summed E-state index contributed by atoms with van der Waals surface area (Å²) in [5.74, 6) is 0. The summed E-state index contributed by atoms with van der Waals surface area (Å²) in [6, 6.07) is 16.9. The van der Waals surface area contributed by atoms with Gasteiger partial charge in [-0.05, 0) is 56.4 Å². The summed E-state index contributed by atoms with van der Waals surface area (Å²) in [5, 5.41) is 28.1. The van der Waals surface area contributed by atoms with Crippen molar-refractivity contribution in [1.82, 2.24) is 0 Å². The SMILES string of the molecule is CC1(O)c2cc3ccc4cccc5ccc(c2C=CC1O)c3c45. The third-order valence-corrected chi connectivity index (χ3v) is 5.26. The predicted molar refractivity (Wildman–Crippen MR) is 94.8 cm³/mol. The van der Waals surface area contributed by atoms with Gasteiger partial charge in [-0.2, -0.15) is 0 Å². The van der Waals surface area contributed by atoms with Crippen LogP contribution in [0.3, 0.4) is 0 Å². The Balaban J connectivity index is 2.05. The number of aliphatic hydroxyl groups excluding tert-OH is 1. The van der Waals surface area contributed by atoms with Crippen LogP contribution < -0.4 is 0 Å². The fraction of sp³-hybridized carbons (Fsp3) is 0.143. The normalized spacial score (nSPS) is 23.9. The molecule has 0 bridgehead atoms. The number of fused-ring (bicyclic) bond motifs is 2. The molecule has 0 fully saturated rings. The zero-order valence-electron chi connectivity index (χ0n) is 12.7. The van der Waals surface area contributed by atoms with Gasteiger partial charge in [0.15, 0.2) is 0 Å². The lowest BCUT2D eigenvalue weighted by Crippen LogP contribution is -2.37. The Morgan fingerprint density at radius 1 is 0.913 bits per heavy atom. The first-order chi connectivity index (χ1) is 11.1. The van der Waals surface area contributed by atoms with Gasteiger partial charge in [0.25, 0.3) is 0 Å². The zero-order valence-corrected chi connectivity index (χ0v) is 12.7. The Kier molecular flexibility index (Phi) is 2.33. The molecule has 2 heteroatoms. The molecule has 1 aliphatic rings. The van der Waals surface area contributed by atoms with Crippen molar-refractivity contribution in [2.75, 3.05) is 0 Å². The first kappa shape index (κ1) is 13.1. The van der Waals surface area contributed by atoms with Crippen molar-refractivity contribution in [2.45, 2.75) is 18.6 Å². The summed E-state index contributed by atoms with van der Waals surface area (Å²) < 4.78 is 0. The van der Waals surface area contributed by atoms with Crippen LogP contribution in [-0.4, -0.2) is 16.3 Å². The lowest BCUT2D eigenvalue weighted by Gasteiger charge is -2.33. The lowest BCUT2D eigenvalue weighted by molar-refractivity contribution is -0.0434. The van der Waals surface area contributed by atoms with E-state index in [2.05, 4.69) is 42.5 Å². The summed E-state index contributed by atoms with van der Waals surface area (Å²) in [6.07, 6.45) is 2.73. The highest BCUT2D eigenvalue weighted by Gasteiger charge is 2.36. The molecule has 1 aliphatic carbocycles. The van der Waals surface area contributed by atoms with Crippen LogP contribution in [0.1, 0.15) is 18.1 Å². The Morgan fingerprint density at radius 3 is 2.39 bits per heavy atom. The molecule has 0 heterocycles. The van der Waals surface area contributed by atoms with Crippen LogP contribution in [0.15, 0.2) is 54.6 Å². The first-order valence-electron chi connectivity index (χ1n) is 7.87. The molecule has 0 aliphatic heterocycles. The van der Waals surface area contributed by atoms with Gasteiger partial charge in [0, 0.05) is 0 Å². The van der Waals surface area contributed by atoms with Crippen LogP contribution in [0.4, 0.5) is 0 Å². The summed E-state index contributed by atoms with van der Waals surface area (Å²) in [6.45, 7) is 1.68. The minimum Gasteiger partial charge on any atom is -0.386 e. The van der Waals surface area contributed by atoms with E-state index in [9.17, 15) is 10.2 Å². The first-order valence-corrected chi connectivity index (χ1v) is 7.87. The molecule has 2 nitrogen and oxygen atoms in total. The van der Waals surface area contributed by atoms with Gasteiger partial charge in [-0.3, -0.25) is 0 Å². The molecule has 112 valence electrons. The van der Waals surface area contributed by atoms with E-state index in [0.717, 1.165) is 21.9 Å². The molecule has 0 radical (unpaired) electrons. The van der Waals surface area contributed by atoms with Gasteiger partial charge in [-0.1, -0.05) is 54.6 Å². The average molecular weight is 300 g/mol. The summed E-state index contributed by atoms with van der Waals surface area (Å²) in [5.41, 5.74) is 0.526. The summed E-state index contributed by atoms with van der Waals surface area (Å²) in [4.78, 5) is 0. The van der Waals surface area contributed by atoms with E-state index in [1.54, 1.807) is 13.0 Å². The number of hydrogen-bond donors (Lipinski definition) is 2. The van der Waals surface area contributed by atoms with Gasteiger partial charge in [0.1, 0.15) is 11.7 Å². The molecule has 23 heavy (non-hydrogen) atoms. The van der Waals surface area contributed by atoms with E-state index in [-0.39, 0.29) is 0 Å². The number of benzene rings is 4. The van der Waals surface area contributed by atoms with Crippen LogP contribution >= 0.6 is 0 Å². The van der Waals surface area contributed by atoms with Crippen LogP contribution in [0.2, 0.25) is 0 Å². The second kappa shape index (κ2) is 4.10.